The van der Waals surface area contributed by atoms with Gasteiger partial charge in [-0.3, -0.25) is 0 Å². The van der Waals surface area contributed by atoms with E-state index in [0.29, 0.717) is 33.1 Å². The Morgan fingerprint density at radius 3 is 2.32 bits per heavy atom. The van der Waals surface area contributed by atoms with Crippen molar-refractivity contribution in [1.82, 2.24) is 9.97 Å². The number of aromatic nitrogens is 2. The van der Waals surface area contributed by atoms with Gasteiger partial charge in [-0.15, -0.1) is 0 Å². The zero-order valence-electron chi connectivity index (χ0n) is 13.8. The number of nitrogens with one attached hydrogen (secondary N) is 2. The highest BCUT2D eigenvalue weighted by Gasteiger charge is 2.11. The van der Waals surface area contributed by atoms with Gasteiger partial charge >= 0.3 is 0 Å². The van der Waals surface area contributed by atoms with E-state index in [-0.39, 0.29) is 0 Å². The number of nitrogens with zero attached hydrogens (tertiary/aromatic N) is 2. The van der Waals surface area contributed by atoms with Crippen LogP contribution in [0.25, 0.3) is 0 Å². The molecule has 0 unspecified atom stereocenters. The molecule has 0 fully saturated rings. The van der Waals surface area contributed by atoms with Gasteiger partial charge in [0, 0.05) is 10.7 Å². The lowest BCUT2D eigenvalue weighted by Crippen LogP contribution is -2.05. The maximum absolute atomic E-state index is 6.21. The number of benzene rings is 2. The van der Waals surface area contributed by atoms with Crippen molar-refractivity contribution >= 4 is 51.9 Å². The van der Waals surface area contributed by atoms with E-state index in [2.05, 4.69) is 34.4 Å². The molecule has 4 N–H and O–H groups in total. The van der Waals surface area contributed by atoms with Crippen molar-refractivity contribution in [3.8, 4) is 0 Å². The first-order valence-electron chi connectivity index (χ1n) is 7.61. The molecular weight excluding hydrogens is 357 g/mol. The molecule has 0 amide bonds. The average Bonchev–Trinajstić information content (AvgIpc) is 2.58. The van der Waals surface area contributed by atoms with Gasteiger partial charge in [0.25, 0.3) is 0 Å². The topological polar surface area (TPSA) is 75.9 Å². The maximum atomic E-state index is 6.21. The van der Waals surface area contributed by atoms with Crippen LogP contribution < -0.4 is 16.4 Å². The summed E-state index contributed by atoms with van der Waals surface area (Å²) in [5.41, 5.74) is 10.5. The van der Waals surface area contributed by atoms with E-state index in [1.807, 2.05) is 18.2 Å². The first-order valence-corrected chi connectivity index (χ1v) is 8.36. The lowest BCUT2D eigenvalue weighted by Gasteiger charge is -2.14. The molecule has 7 heteroatoms. The minimum atomic E-state index is 0.386. The van der Waals surface area contributed by atoms with Crippen LogP contribution in [0, 0.1) is 13.8 Å². The Morgan fingerprint density at radius 2 is 1.60 bits per heavy atom. The fourth-order valence-electron chi connectivity index (χ4n) is 2.27. The SMILES string of the molecule is Cc1ccc(Nc2ncnc(Nc3cc(Cl)ccc3Cl)c2N)cc1C. The second-order valence-corrected chi connectivity index (χ2v) is 6.50. The first kappa shape index (κ1) is 17.3. The van der Waals surface area contributed by atoms with E-state index < -0.39 is 0 Å². The largest absolute Gasteiger partial charge is 0.393 e. The summed E-state index contributed by atoms with van der Waals surface area (Å²) < 4.78 is 0. The Balaban J connectivity index is 1.89. The number of hydrogen-bond acceptors (Lipinski definition) is 5. The summed E-state index contributed by atoms with van der Waals surface area (Å²) in [7, 11) is 0. The van der Waals surface area contributed by atoms with Gasteiger partial charge in [0.15, 0.2) is 11.6 Å². The lowest BCUT2D eigenvalue weighted by molar-refractivity contribution is 1.17. The third-order valence-electron chi connectivity index (χ3n) is 3.84. The van der Waals surface area contributed by atoms with E-state index in [1.165, 1.54) is 17.5 Å². The zero-order valence-corrected chi connectivity index (χ0v) is 15.3. The molecule has 0 aliphatic carbocycles. The van der Waals surface area contributed by atoms with Crippen molar-refractivity contribution in [2.75, 3.05) is 16.4 Å². The molecule has 3 aromatic rings. The Kier molecular flexibility index (Phi) is 4.97. The highest BCUT2D eigenvalue weighted by molar-refractivity contribution is 6.35. The number of aryl methyl sites for hydroxylation is 2. The van der Waals surface area contributed by atoms with Crippen molar-refractivity contribution in [2.24, 2.45) is 0 Å². The summed E-state index contributed by atoms with van der Waals surface area (Å²) in [5.74, 6) is 0.962. The van der Waals surface area contributed by atoms with Gasteiger partial charge in [0.1, 0.15) is 12.0 Å². The van der Waals surface area contributed by atoms with Gasteiger partial charge < -0.3 is 16.4 Å². The molecule has 25 heavy (non-hydrogen) atoms. The number of rotatable bonds is 4. The first-order chi connectivity index (χ1) is 11.9. The summed E-state index contributed by atoms with van der Waals surface area (Å²) >= 11 is 12.2. The van der Waals surface area contributed by atoms with E-state index in [1.54, 1.807) is 18.2 Å². The zero-order chi connectivity index (χ0) is 18.0. The van der Waals surface area contributed by atoms with Crippen LogP contribution in [0.2, 0.25) is 10.0 Å². The molecular formula is C18H17Cl2N5. The van der Waals surface area contributed by atoms with Crippen LogP contribution in [-0.2, 0) is 0 Å². The van der Waals surface area contributed by atoms with Crippen LogP contribution in [-0.4, -0.2) is 9.97 Å². The molecule has 0 radical (unpaired) electrons. The van der Waals surface area contributed by atoms with Crippen molar-refractivity contribution in [1.29, 1.82) is 0 Å². The predicted octanol–water partition coefficient (Wildman–Crippen LogP) is 5.47. The number of hydrogen-bond donors (Lipinski definition) is 3. The molecule has 0 aliphatic rings. The van der Waals surface area contributed by atoms with Crippen LogP contribution in [0.15, 0.2) is 42.7 Å². The van der Waals surface area contributed by atoms with Crippen LogP contribution in [0.4, 0.5) is 28.7 Å². The van der Waals surface area contributed by atoms with Crippen molar-refractivity contribution in [3.05, 3.63) is 63.9 Å². The van der Waals surface area contributed by atoms with Crippen LogP contribution in [0.3, 0.4) is 0 Å². The number of nitrogens with two attached hydrogens (primary N) is 1. The third-order valence-corrected chi connectivity index (χ3v) is 4.40. The van der Waals surface area contributed by atoms with E-state index in [4.69, 9.17) is 28.9 Å². The summed E-state index contributed by atoms with van der Waals surface area (Å²) in [5, 5.41) is 7.40. The second-order valence-electron chi connectivity index (χ2n) is 5.66. The summed E-state index contributed by atoms with van der Waals surface area (Å²) in [4.78, 5) is 8.41. The molecule has 0 aliphatic heterocycles. The molecule has 1 aromatic heterocycles. The normalized spacial score (nSPS) is 10.6. The average molecular weight is 374 g/mol. The van der Waals surface area contributed by atoms with E-state index in [0.717, 1.165) is 5.69 Å². The minimum absolute atomic E-state index is 0.386. The summed E-state index contributed by atoms with van der Waals surface area (Å²) in [6, 6.07) is 11.2. The van der Waals surface area contributed by atoms with Gasteiger partial charge in [-0.2, -0.15) is 0 Å². The standard InChI is InChI=1S/C18H17Cl2N5/c1-10-3-5-13(7-11(10)2)24-17-16(21)18(23-9-22-17)25-15-8-12(19)4-6-14(15)20/h3-9H,21H2,1-2H3,(H2,22,23,24,25). The molecule has 0 saturated carbocycles. The smallest absolute Gasteiger partial charge is 0.159 e. The van der Waals surface area contributed by atoms with Gasteiger partial charge in [-0.05, 0) is 55.3 Å². The molecule has 2 aromatic carbocycles. The highest BCUT2D eigenvalue weighted by atomic mass is 35.5. The molecule has 1 heterocycles. The van der Waals surface area contributed by atoms with Gasteiger partial charge in [-0.25, -0.2) is 9.97 Å². The fourth-order valence-corrected chi connectivity index (χ4v) is 2.61. The van der Waals surface area contributed by atoms with Crippen molar-refractivity contribution in [2.45, 2.75) is 13.8 Å². The molecule has 3 rings (SSSR count). The second kappa shape index (κ2) is 7.17. The maximum Gasteiger partial charge on any atom is 0.159 e. The van der Waals surface area contributed by atoms with Gasteiger partial charge in [0.05, 0.1) is 10.7 Å². The van der Waals surface area contributed by atoms with Gasteiger partial charge in [0.2, 0.25) is 0 Å². The van der Waals surface area contributed by atoms with E-state index in [9.17, 15) is 0 Å². The summed E-state index contributed by atoms with van der Waals surface area (Å²) in [6.45, 7) is 4.12. The highest BCUT2D eigenvalue weighted by Crippen LogP contribution is 2.32. The minimum Gasteiger partial charge on any atom is -0.393 e. The number of nitrogen functional groups attached to an aromatic ring is 1. The molecule has 0 saturated heterocycles. The molecule has 128 valence electrons. The van der Waals surface area contributed by atoms with E-state index >= 15 is 0 Å². The quantitative estimate of drug-likeness (QED) is 0.565. The molecule has 5 nitrogen and oxygen atoms in total. The summed E-state index contributed by atoms with van der Waals surface area (Å²) in [6.07, 6.45) is 1.43. The Labute approximate surface area is 156 Å². The fraction of sp³-hybridized carbons (Fsp3) is 0.111. The van der Waals surface area contributed by atoms with Crippen LogP contribution >= 0.6 is 23.2 Å². The lowest BCUT2D eigenvalue weighted by atomic mass is 10.1. The number of halogens is 2. The molecule has 0 spiro atoms. The predicted molar refractivity (Wildman–Crippen MR) is 105 cm³/mol. The van der Waals surface area contributed by atoms with Crippen LogP contribution in [0.1, 0.15) is 11.1 Å². The van der Waals surface area contributed by atoms with Crippen molar-refractivity contribution in [3.63, 3.8) is 0 Å². The Hall–Kier alpha value is -2.50. The Bertz CT molecular complexity index is 927. The van der Waals surface area contributed by atoms with Crippen molar-refractivity contribution < 1.29 is 0 Å². The Morgan fingerprint density at radius 1 is 0.880 bits per heavy atom. The van der Waals surface area contributed by atoms with Gasteiger partial charge in [-0.1, -0.05) is 29.3 Å². The monoisotopic (exact) mass is 373 g/mol. The number of anilines is 5. The third kappa shape index (κ3) is 3.95. The molecule has 0 atom stereocenters. The molecule has 0 bridgehead atoms. The van der Waals surface area contributed by atoms with Crippen LogP contribution in [0.5, 0.6) is 0 Å².